The van der Waals surface area contributed by atoms with Crippen LogP contribution in [0.25, 0.3) is 27.9 Å². The minimum absolute atomic E-state index is 0.0351. The Labute approximate surface area is 172 Å². The van der Waals surface area contributed by atoms with Crippen LogP contribution in [0, 0.1) is 0 Å². The Morgan fingerprint density at radius 3 is 3.00 bits per heavy atom. The summed E-state index contributed by atoms with van der Waals surface area (Å²) in [5, 5.41) is 8.96. The number of fused-ring (bicyclic) bond motifs is 2. The second kappa shape index (κ2) is 6.25. The van der Waals surface area contributed by atoms with Crippen molar-refractivity contribution in [2.45, 2.75) is 44.2 Å². The molecule has 1 saturated heterocycles. The van der Waals surface area contributed by atoms with Gasteiger partial charge in [-0.15, -0.1) is 0 Å². The Morgan fingerprint density at radius 2 is 2.17 bits per heavy atom. The van der Waals surface area contributed by atoms with E-state index in [-0.39, 0.29) is 17.5 Å². The number of carbonyl (C=O) groups excluding carboxylic acids is 1. The average Bonchev–Trinajstić information content (AvgIpc) is 3.44. The Morgan fingerprint density at radius 1 is 1.27 bits per heavy atom. The summed E-state index contributed by atoms with van der Waals surface area (Å²) in [6.07, 6.45) is 10.8. The minimum Gasteiger partial charge on any atom is -0.351 e. The number of likely N-dealkylation sites (tertiary alicyclic amines) is 1. The molecular formula is C21H22N8O. The maximum atomic E-state index is 12.1. The molecule has 1 amide bonds. The lowest BCUT2D eigenvalue weighted by molar-refractivity contribution is -0.136. The van der Waals surface area contributed by atoms with Gasteiger partial charge in [0.1, 0.15) is 5.65 Å². The molecule has 30 heavy (non-hydrogen) atoms. The van der Waals surface area contributed by atoms with Gasteiger partial charge in [0.15, 0.2) is 5.65 Å². The number of aromatic nitrogens is 6. The molecule has 5 heterocycles. The summed E-state index contributed by atoms with van der Waals surface area (Å²) >= 11 is 0. The van der Waals surface area contributed by atoms with Gasteiger partial charge in [-0.3, -0.25) is 4.79 Å². The second-order valence-corrected chi connectivity index (χ2v) is 8.50. The number of rotatable bonds is 4. The maximum absolute atomic E-state index is 12.1. The summed E-state index contributed by atoms with van der Waals surface area (Å²) < 4.78 is 1.75. The van der Waals surface area contributed by atoms with E-state index in [9.17, 15) is 4.79 Å². The predicted octanol–water partition coefficient (Wildman–Crippen LogP) is 2.62. The molecule has 0 aromatic carbocycles. The highest BCUT2D eigenvalue weighted by atomic mass is 16.2. The van der Waals surface area contributed by atoms with E-state index in [0.717, 1.165) is 53.7 Å². The topological polar surface area (TPSA) is 104 Å². The first-order valence-electron chi connectivity index (χ1n) is 10.3. The highest BCUT2D eigenvalue weighted by Gasteiger charge is 2.48. The Kier molecular flexibility index (Phi) is 3.62. The summed E-state index contributed by atoms with van der Waals surface area (Å²) in [6, 6.07) is 4.17. The van der Waals surface area contributed by atoms with Gasteiger partial charge >= 0.3 is 0 Å². The fourth-order valence-electron chi connectivity index (χ4n) is 4.87. The zero-order chi connectivity index (χ0) is 20.3. The predicted molar refractivity (Wildman–Crippen MR) is 112 cm³/mol. The molecule has 1 aliphatic heterocycles. The van der Waals surface area contributed by atoms with Crippen LogP contribution in [0.1, 0.15) is 32.6 Å². The van der Waals surface area contributed by atoms with E-state index in [0.29, 0.717) is 12.4 Å². The number of imidazole rings is 1. The molecule has 152 valence electrons. The monoisotopic (exact) mass is 402 g/mol. The third-order valence-electron chi connectivity index (χ3n) is 6.39. The van der Waals surface area contributed by atoms with Gasteiger partial charge in [0, 0.05) is 60.3 Å². The van der Waals surface area contributed by atoms with Crippen LogP contribution >= 0.6 is 0 Å². The van der Waals surface area contributed by atoms with E-state index in [4.69, 9.17) is 0 Å². The molecule has 2 fully saturated rings. The normalized spacial score (nSPS) is 24.0. The average molecular weight is 402 g/mol. The largest absolute Gasteiger partial charge is 0.351 e. The summed E-state index contributed by atoms with van der Waals surface area (Å²) in [6.45, 7) is 3.06. The van der Waals surface area contributed by atoms with E-state index in [1.807, 2.05) is 30.7 Å². The Hall–Kier alpha value is -3.49. The molecule has 0 atom stereocenters. The number of H-pyrrole nitrogens is 1. The van der Waals surface area contributed by atoms with Crippen molar-refractivity contribution in [1.29, 1.82) is 0 Å². The molecule has 0 unspecified atom stereocenters. The number of hydrogen-bond acceptors (Lipinski definition) is 6. The van der Waals surface area contributed by atoms with Gasteiger partial charge in [0.25, 0.3) is 0 Å². The van der Waals surface area contributed by atoms with E-state index < -0.39 is 0 Å². The van der Waals surface area contributed by atoms with E-state index >= 15 is 0 Å². The molecule has 4 aromatic heterocycles. The van der Waals surface area contributed by atoms with Crippen LogP contribution in [-0.2, 0) is 4.79 Å². The number of aromatic amines is 1. The van der Waals surface area contributed by atoms with E-state index in [1.165, 1.54) is 0 Å². The lowest BCUT2D eigenvalue weighted by Gasteiger charge is -2.51. The van der Waals surface area contributed by atoms with Crippen molar-refractivity contribution in [3.05, 3.63) is 36.9 Å². The van der Waals surface area contributed by atoms with Crippen molar-refractivity contribution < 1.29 is 4.79 Å². The highest BCUT2D eigenvalue weighted by Crippen LogP contribution is 2.41. The summed E-state index contributed by atoms with van der Waals surface area (Å²) in [5.41, 5.74) is 3.33. The third-order valence-corrected chi connectivity index (χ3v) is 6.39. The second-order valence-electron chi connectivity index (χ2n) is 8.50. The molecule has 1 saturated carbocycles. The van der Waals surface area contributed by atoms with E-state index in [1.54, 1.807) is 10.7 Å². The number of anilines is 1. The first kappa shape index (κ1) is 17.4. The fraction of sp³-hybridized carbons (Fsp3) is 0.381. The van der Waals surface area contributed by atoms with Crippen molar-refractivity contribution in [2.24, 2.45) is 0 Å². The van der Waals surface area contributed by atoms with Gasteiger partial charge in [-0.05, 0) is 38.3 Å². The standard InChI is InChI=1S/C21H22N8O/c1-21(28-7-2-3-18(28)30)9-13(10-21)25-20-24-12-15-14(11-23-19(15)26-20)16-4-5-17-22-6-8-29(17)27-16/h4-6,8,11-13H,2-3,7,9-10H2,1H3,(H2,23,24,25,26)/t13-,21-. The van der Waals surface area contributed by atoms with Crippen molar-refractivity contribution in [3.63, 3.8) is 0 Å². The molecule has 9 nitrogen and oxygen atoms in total. The first-order chi connectivity index (χ1) is 14.6. The number of nitrogens with zero attached hydrogens (tertiary/aromatic N) is 6. The van der Waals surface area contributed by atoms with Crippen LogP contribution in [0.4, 0.5) is 5.95 Å². The van der Waals surface area contributed by atoms with Crippen LogP contribution in [0.2, 0.25) is 0 Å². The molecule has 2 aliphatic rings. The van der Waals surface area contributed by atoms with Crippen LogP contribution < -0.4 is 5.32 Å². The number of hydrogen-bond donors (Lipinski definition) is 2. The molecular weight excluding hydrogens is 380 g/mol. The molecule has 4 aromatic rings. The summed E-state index contributed by atoms with van der Waals surface area (Å²) in [5.74, 6) is 0.892. The molecule has 1 aliphatic carbocycles. The minimum atomic E-state index is -0.0351. The zero-order valence-electron chi connectivity index (χ0n) is 16.7. The van der Waals surface area contributed by atoms with Crippen LogP contribution in [0.5, 0.6) is 0 Å². The third kappa shape index (κ3) is 2.65. The van der Waals surface area contributed by atoms with Gasteiger partial charge in [0.05, 0.1) is 5.69 Å². The van der Waals surface area contributed by atoms with Crippen molar-refractivity contribution in [2.75, 3.05) is 11.9 Å². The Balaban J connectivity index is 1.20. The quantitative estimate of drug-likeness (QED) is 0.544. The summed E-state index contributed by atoms with van der Waals surface area (Å²) in [7, 11) is 0. The lowest BCUT2D eigenvalue weighted by Crippen LogP contribution is -2.59. The molecule has 6 rings (SSSR count). The van der Waals surface area contributed by atoms with Crippen LogP contribution in [0.3, 0.4) is 0 Å². The maximum Gasteiger partial charge on any atom is 0.224 e. The number of carbonyl (C=O) groups is 1. The van der Waals surface area contributed by atoms with Gasteiger partial charge in [-0.2, -0.15) is 10.1 Å². The molecule has 9 heteroatoms. The number of nitrogens with one attached hydrogen (secondary N) is 2. The highest BCUT2D eigenvalue weighted by molar-refractivity contribution is 5.92. The van der Waals surface area contributed by atoms with E-state index in [2.05, 4.69) is 42.2 Å². The SMILES string of the molecule is C[C@]1(N2CCCC2=O)C[C@H](Nc2ncc3c(-c4ccc5nccn5n4)c[nH]c3n2)C1. The first-order valence-corrected chi connectivity index (χ1v) is 10.3. The lowest BCUT2D eigenvalue weighted by atomic mass is 9.73. The molecule has 2 N–H and O–H groups in total. The number of amides is 1. The molecule has 0 radical (unpaired) electrons. The smallest absolute Gasteiger partial charge is 0.224 e. The Bertz CT molecular complexity index is 1270. The molecule has 0 bridgehead atoms. The zero-order valence-corrected chi connectivity index (χ0v) is 16.7. The van der Waals surface area contributed by atoms with Gasteiger partial charge in [-0.1, -0.05) is 0 Å². The van der Waals surface area contributed by atoms with Gasteiger partial charge in [0.2, 0.25) is 11.9 Å². The van der Waals surface area contributed by atoms with Crippen molar-refractivity contribution >= 4 is 28.5 Å². The van der Waals surface area contributed by atoms with Gasteiger partial charge in [-0.25, -0.2) is 14.5 Å². The van der Waals surface area contributed by atoms with Crippen molar-refractivity contribution in [3.8, 4) is 11.3 Å². The molecule has 0 spiro atoms. The summed E-state index contributed by atoms with van der Waals surface area (Å²) in [4.78, 5) is 30.8. The van der Waals surface area contributed by atoms with Gasteiger partial charge < -0.3 is 15.2 Å². The van der Waals surface area contributed by atoms with Crippen LogP contribution in [-0.4, -0.2) is 58.5 Å². The van der Waals surface area contributed by atoms with Crippen LogP contribution in [0.15, 0.2) is 36.9 Å². The van der Waals surface area contributed by atoms with Crippen molar-refractivity contribution in [1.82, 2.24) is 34.4 Å². The fourth-order valence-corrected chi connectivity index (χ4v) is 4.87.